The van der Waals surface area contributed by atoms with Crippen molar-refractivity contribution in [1.82, 2.24) is 4.90 Å². The van der Waals surface area contributed by atoms with Crippen molar-refractivity contribution in [1.29, 1.82) is 0 Å². The largest absolute Gasteiger partial charge is 0.335 e. The first-order chi connectivity index (χ1) is 8.11. The third kappa shape index (κ3) is 2.30. The zero-order chi connectivity index (χ0) is 12.4. The molecule has 1 unspecified atom stereocenters. The van der Waals surface area contributed by atoms with Crippen molar-refractivity contribution in [2.45, 2.75) is 25.8 Å². The lowest BCUT2D eigenvalue weighted by molar-refractivity contribution is -0.136. The van der Waals surface area contributed by atoms with E-state index >= 15 is 0 Å². The highest BCUT2D eigenvalue weighted by molar-refractivity contribution is 5.81. The van der Waals surface area contributed by atoms with Crippen LogP contribution in [0.4, 0.5) is 8.78 Å². The van der Waals surface area contributed by atoms with E-state index < -0.39 is 18.3 Å². The third-order valence-electron chi connectivity index (χ3n) is 3.33. The number of nitrogens with zero attached hydrogens (tertiary/aromatic N) is 1. The van der Waals surface area contributed by atoms with E-state index in [2.05, 4.69) is 0 Å². The van der Waals surface area contributed by atoms with E-state index in [1.165, 1.54) is 0 Å². The normalized spacial score (nSPS) is 22.2. The number of halogens is 2. The van der Waals surface area contributed by atoms with Crippen LogP contribution in [0.1, 0.15) is 24.9 Å². The second kappa shape index (κ2) is 4.82. The van der Waals surface area contributed by atoms with E-state index in [0.717, 1.165) is 5.56 Å². The van der Waals surface area contributed by atoms with Gasteiger partial charge in [-0.1, -0.05) is 30.3 Å². The Morgan fingerprint density at radius 1 is 1.29 bits per heavy atom. The highest BCUT2D eigenvalue weighted by Gasteiger charge is 2.39. The van der Waals surface area contributed by atoms with Crippen molar-refractivity contribution >= 4 is 5.91 Å². The van der Waals surface area contributed by atoms with E-state index in [-0.39, 0.29) is 12.5 Å². The molecule has 1 aromatic rings. The molecule has 0 aromatic heterocycles. The molecule has 0 bridgehead atoms. The lowest BCUT2D eigenvalue weighted by Crippen LogP contribution is -2.32. The minimum atomic E-state index is -2.55. The zero-order valence-corrected chi connectivity index (χ0v) is 9.64. The van der Waals surface area contributed by atoms with Gasteiger partial charge in [-0.15, -0.1) is 0 Å². The first-order valence-electron chi connectivity index (χ1n) is 5.75. The molecule has 1 aliphatic rings. The predicted octanol–water partition coefficient (Wildman–Crippen LogP) is 2.86. The fourth-order valence-corrected chi connectivity index (χ4v) is 2.25. The van der Waals surface area contributed by atoms with Crippen LogP contribution < -0.4 is 0 Å². The van der Waals surface area contributed by atoms with Crippen molar-refractivity contribution in [2.24, 2.45) is 5.92 Å². The quantitative estimate of drug-likeness (QED) is 0.794. The molecule has 1 fully saturated rings. The molecular weight excluding hydrogens is 224 g/mol. The van der Waals surface area contributed by atoms with Crippen LogP contribution in [0.5, 0.6) is 0 Å². The number of benzene rings is 1. The van der Waals surface area contributed by atoms with Crippen molar-refractivity contribution in [3.05, 3.63) is 35.9 Å². The highest BCUT2D eigenvalue weighted by atomic mass is 19.3. The van der Waals surface area contributed by atoms with Gasteiger partial charge in [0.15, 0.2) is 0 Å². The lowest BCUT2D eigenvalue weighted by atomic mass is 10.1. The molecule has 0 N–H and O–H groups in total. The molecule has 2 nitrogen and oxygen atoms in total. The number of amides is 1. The van der Waals surface area contributed by atoms with Gasteiger partial charge in [-0.3, -0.25) is 4.79 Å². The maximum Gasteiger partial charge on any atom is 0.250 e. The number of rotatable bonds is 3. The molecule has 1 saturated heterocycles. The van der Waals surface area contributed by atoms with Crippen LogP contribution in [0.15, 0.2) is 30.3 Å². The number of carbonyl (C=O) groups is 1. The fraction of sp³-hybridized carbons (Fsp3) is 0.462. The summed E-state index contributed by atoms with van der Waals surface area (Å²) in [7, 11) is 0. The van der Waals surface area contributed by atoms with Gasteiger partial charge in [0.25, 0.3) is 0 Å². The number of hydrogen-bond donors (Lipinski definition) is 0. The van der Waals surface area contributed by atoms with E-state index in [9.17, 15) is 13.6 Å². The summed E-state index contributed by atoms with van der Waals surface area (Å²) in [6, 6.07) is 9.35. The smallest absolute Gasteiger partial charge is 0.250 e. The maximum absolute atomic E-state index is 12.6. The van der Waals surface area contributed by atoms with E-state index in [0.29, 0.717) is 6.54 Å². The van der Waals surface area contributed by atoms with Crippen molar-refractivity contribution in [2.75, 3.05) is 6.54 Å². The zero-order valence-electron chi connectivity index (χ0n) is 9.64. The van der Waals surface area contributed by atoms with E-state index in [1.54, 1.807) is 4.90 Å². The molecule has 1 amide bonds. The molecular formula is C13H15F2NO. The molecule has 0 aliphatic carbocycles. The summed E-state index contributed by atoms with van der Waals surface area (Å²) < 4.78 is 25.2. The summed E-state index contributed by atoms with van der Waals surface area (Å²) in [6.07, 6.45) is -2.29. The Labute approximate surface area is 99.2 Å². The average molecular weight is 239 g/mol. The first-order valence-corrected chi connectivity index (χ1v) is 5.75. The maximum atomic E-state index is 12.6. The van der Waals surface area contributed by atoms with Gasteiger partial charge in [-0.2, -0.15) is 0 Å². The average Bonchev–Trinajstić information content (AvgIpc) is 2.71. The molecule has 4 heteroatoms. The Morgan fingerprint density at radius 2 is 1.94 bits per heavy atom. The fourth-order valence-electron chi connectivity index (χ4n) is 2.25. The molecule has 2 atom stereocenters. The van der Waals surface area contributed by atoms with Crippen LogP contribution in [-0.4, -0.2) is 23.8 Å². The standard InChI is InChI=1S/C13H15F2NO/c1-9(10-5-3-2-4-6-10)16-8-7-11(12(14)15)13(16)17/h2-6,9,11-12H,7-8H2,1H3/t9-,11?/m1/s1. The van der Waals surface area contributed by atoms with Crippen LogP contribution in [0, 0.1) is 5.92 Å². The van der Waals surface area contributed by atoms with Gasteiger partial charge in [-0.05, 0) is 18.9 Å². The molecule has 1 aromatic carbocycles. The minimum absolute atomic E-state index is 0.132. The van der Waals surface area contributed by atoms with Gasteiger partial charge in [0, 0.05) is 6.54 Å². The number of likely N-dealkylation sites (tertiary alicyclic amines) is 1. The van der Waals surface area contributed by atoms with Crippen LogP contribution in [0.25, 0.3) is 0 Å². The number of carbonyl (C=O) groups excluding carboxylic acids is 1. The summed E-state index contributed by atoms with van der Waals surface area (Å²) in [5.74, 6) is -1.53. The van der Waals surface area contributed by atoms with Crippen LogP contribution >= 0.6 is 0 Å². The SMILES string of the molecule is C[C@H](c1ccccc1)N1CCC(C(F)F)C1=O. The second-order valence-electron chi connectivity index (χ2n) is 4.35. The highest BCUT2D eigenvalue weighted by Crippen LogP contribution is 2.31. The lowest BCUT2D eigenvalue weighted by Gasteiger charge is -2.25. The van der Waals surface area contributed by atoms with E-state index in [1.807, 2.05) is 37.3 Å². The molecule has 0 saturated carbocycles. The van der Waals surface area contributed by atoms with Gasteiger partial charge in [0.05, 0.1) is 6.04 Å². The predicted molar refractivity (Wildman–Crippen MR) is 60.7 cm³/mol. The monoisotopic (exact) mass is 239 g/mol. The summed E-state index contributed by atoms with van der Waals surface area (Å²) in [4.78, 5) is 13.4. The number of hydrogen-bond acceptors (Lipinski definition) is 1. The Kier molecular flexibility index (Phi) is 3.41. The summed E-state index contributed by atoms with van der Waals surface area (Å²) in [5, 5.41) is 0. The van der Waals surface area contributed by atoms with Crippen molar-refractivity contribution < 1.29 is 13.6 Å². The Bertz CT molecular complexity index is 394. The van der Waals surface area contributed by atoms with Gasteiger partial charge in [0.1, 0.15) is 5.92 Å². The van der Waals surface area contributed by atoms with Gasteiger partial charge in [0.2, 0.25) is 12.3 Å². The Hall–Kier alpha value is -1.45. The molecule has 92 valence electrons. The van der Waals surface area contributed by atoms with Crippen LogP contribution in [-0.2, 0) is 4.79 Å². The van der Waals surface area contributed by atoms with Crippen molar-refractivity contribution in [3.8, 4) is 0 Å². The second-order valence-corrected chi connectivity index (χ2v) is 4.35. The molecule has 2 rings (SSSR count). The Morgan fingerprint density at radius 3 is 2.47 bits per heavy atom. The summed E-state index contributed by atoms with van der Waals surface area (Å²) in [6.45, 7) is 2.30. The van der Waals surface area contributed by atoms with Gasteiger partial charge >= 0.3 is 0 Å². The van der Waals surface area contributed by atoms with Crippen molar-refractivity contribution in [3.63, 3.8) is 0 Å². The molecule has 0 radical (unpaired) electrons. The molecule has 0 spiro atoms. The molecule has 1 aliphatic heterocycles. The van der Waals surface area contributed by atoms with Gasteiger partial charge < -0.3 is 4.90 Å². The van der Waals surface area contributed by atoms with Crippen LogP contribution in [0.3, 0.4) is 0 Å². The molecule has 17 heavy (non-hydrogen) atoms. The van der Waals surface area contributed by atoms with Gasteiger partial charge in [-0.25, -0.2) is 8.78 Å². The van der Waals surface area contributed by atoms with E-state index in [4.69, 9.17) is 0 Å². The summed E-state index contributed by atoms with van der Waals surface area (Å²) in [5.41, 5.74) is 0.982. The topological polar surface area (TPSA) is 20.3 Å². The minimum Gasteiger partial charge on any atom is -0.335 e. The molecule has 1 heterocycles. The third-order valence-corrected chi connectivity index (χ3v) is 3.33. The Balaban J connectivity index is 2.12. The summed E-state index contributed by atoms with van der Waals surface area (Å²) >= 11 is 0. The first kappa shape index (κ1) is 12.0. The number of alkyl halides is 2. The van der Waals surface area contributed by atoms with Crippen LogP contribution in [0.2, 0.25) is 0 Å².